The number of nitrogens with zero attached hydrogens (tertiary/aromatic N) is 34. The normalized spacial score (nSPS) is 17.5. The molecule has 4 amide bonds. The van der Waals surface area contributed by atoms with E-state index in [0.717, 1.165) is 78.6 Å². The molecule has 56 heteroatoms. The highest BCUT2D eigenvalue weighted by Crippen LogP contribution is 2.41. The van der Waals surface area contributed by atoms with Gasteiger partial charge < -0.3 is 43.6 Å². The van der Waals surface area contributed by atoms with Crippen molar-refractivity contribution in [3.63, 3.8) is 0 Å². The highest BCUT2D eigenvalue weighted by atomic mass is 19.4. The fraction of sp³-hybridized carbons (Fsp3) is 0.272. The number of aromatic amines is 4. The summed E-state index contributed by atoms with van der Waals surface area (Å²) in [4.78, 5) is 124. The Hall–Kier alpha value is -18.3. The minimum absolute atomic E-state index is 0.0892. The van der Waals surface area contributed by atoms with E-state index in [1.807, 2.05) is 44.3 Å². The number of fused-ring (bicyclic) bond motifs is 4. The number of imidazole rings is 4. The molecule has 19 aromatic rings. The first-order chi connectivity index (χ1) is 71.3. The Kier molecular flexibility index (Phi) is 25.3. The zero-order valence-corrected chi connectivity index (χ0v) is 77.1. The van der Waals surface area contributed by atoms with E-state index < -0.39 is 47.0 Å². The molecule has 0 aromatic carbocycles. The van der Waals surface area contributed by atoms with Gasteiger partial charge >= 0.3 is 24.7 Å². The SMILES string of the molecule is C[C@@H]1CN(c2ccnc(-c3cnc4ccc(C(F)(F)F)cn34)n2)C[C@H](C)N1C(=O)c1ccn(C2CC2)n1.O=C(c1cn[nH]n1)N1CCN(c2ccnc(-c3cnc4ccc(C(F)(F)F)cn34)n2)CC1c1cn[nH]c1.O=C(c1cnon1)N1CCN(c2ccnc(-c3cnc4ccc(C(F)(F)F)cn34)n2)CC1c1cn[nH]c1.O=C(c1cocn1)N1CCN(c2ccnc(-c3cnc4ccc(C(F)(F)F)cn34)n2)CC1c1cn[nH]c1. The van der Waals surface area contributed by atoms with E-state index in [-0.39, 0.29) is 94.2 Å². The lowest BCUT2D eigenvalue weighted by Crippen LogP contribution is -2.59. The van der Waals surface area contributed by atoms with Crippen LogP contribution in [0.25, 0.3) is 68.7 Å². The molecule has 4 saturated heterocycles. The van der Waals surface area contributed by atoms with E-state index in [9.17, 15) is 71.9 Å². The number of oxazole rings is 1. The number of rotatable bonds is 16. The summed E-state index contributed by atoms with van der Waals surface area (Å²) >= 11 is 0. The molecule has 19 aromatic heterocycles. The van der Waals surface area contributed by atoms with Crippen molar-refractivity contribution in [3.05, 3.63) is 283 Å². The molecule has 1 saturated carbocycles. The summed E-state index contributed by atoms with van der Waals surface area (Å²) in [5.74, 6) is 2.30. The lowest BCUT2D eigenvalue weighted by Gasteiger charge is -2.44. The Morgan fingerprint density at radius 2 is 0.743 bits per heavy atom. The zero-order valence-electron chi connectivity index (χ0n) is 77.1. The van der Waals surface area contributed by atoms with Crippen LogP contribution in [-0.2, 0) is 24.7 Å². The van der Waals surface area contributed by atoms with Gasteiger partial charge in [0.05, 0.1) is 96.0 Å². The first kappa shape index (κ1) is 95.8. The van der Waals surface area contributed by atoms with E-state index >= 15 is 0 Å². The highest BCUT2D eigenvalue weighted by molar-refractivity contribution is 5.94. The van der Waals surface area contributed by atoms with E-state index in [2.05, 4.69) is 136 Å². The summed E-state index contributed by atoms with van der Waals surface area (Å²) in [6, 6.07) is 17.0. The van der Waals surface area contributed by atoms with Crippen LogP contribution in [0.2, 0.25) is 0 Å². The Labute approximate surface area is 823 Å². The second-order valence-corrected chi connectivity index (χ2v) is 34.8. The van der Waals surface area contributed by atoms with E-state index in [0.29, 0.717) is 152 Å². The summed E-state index contributed by atoms with van der Waals surface area (Å²) in [6.07, 6.45) is 17.3. The molecular formula is C92H78F12N38O6. The molecule has 0 radical (unpaired) electrons. The van der Waals surface area contributed by atoms with Crippen molar-refractivity contribution in [1.29, 1.82) is 0 Å². The number of hydrogen-bond donors (Lipinski definition) is 4. The maximum Gasteiger partial charge on any atom is 0.417 e. The number of piperazine rings is 4. The van der Waals surface area contributed by atoms with Crippen molar-refractivity contribution in [3.8, 4) is 46.1 Å². The highest BCUT2D eigenvalue weighted by Gasteiger charge is 2.43. The van der Waals surface area contributed by atoms with Crippen LogP contribution in [0.15, 0.2) is 231 Å². The molecule has 44 nitrogen and oxygen atoms in total. The fourth-order valence-corrected chi connectivity index (χ4v) is 18.1. The fourth-order valence-electron chi connectivity index (χ4n) is 18.1. The van der Waals surface area contributed by atoms with Gasteiger partial charge in [0.1, 0.15) is 86.8 Å². The molecule has 0 bridgehead atoms. The molecule has 5 atom stereocenters. The third-order valence-corrected chi connectivity index (χ3v) is 25.5. The van der Waals surface area contributed by atoms with Gasteiger partial charge in [0.25, 0.3) is 23.6 Å². The van der Waals surface area contributed by atoms with Crippen molar-refractivity contribution < 1.29 is 80.9 Å². The molecule has 23 heterocycles. The number of pyridine rings is 4. The Morgan fingerprint density at radius 1 is 0.372 bits per heavy atom. The van der Waals surface area contributed by atoms with Crippen molar-refractivity contribution in [2.45, 2.75) is 87.6 Å². The van der Waals surface area contributed by atoms with Crippen LogP contribution < -0.4 is 19.6 Å². The minimum atomic E-state index is -4.50. The average molecular weight is 2040 g/mol. The topological polar surface area (TPSA) is 477 Å². The number of carbonyl (C=O) groups is 4. The molecule has 5 aliphatic rings. The number of alkyl halides is 12. The maximum atomic E-state index is 13.3. The molecule has 4 aliphatic heterocycles. The van der Waals surface area contributed by atoms with Gasteiger partial charge in [-0.2, -0.15) is 88.5 Å². The molecule has 148 heavy (non-hydrogen) atoms. The number of aromatic nitrogens is 30. The number of nitrogens with one attached hydrogen (secondary N) is 4. The van der Waals surface area contributed by atoms with E-state index in [1.54, 1.807) is 101 Å². The van der Waals surface area contributed by atoms with Gasteiger partial charge in [-0.15, -0.1) is 0 Å². The zero-order chi connectivity index (χ0) is 103. The largest absolute Gasteiger partial charge is 0.451 e. The van der Waals surface area contributed by atoms with Gasteiger partial charge in [-0.1, -0.05) is 5.16 Å². The van der Waals surface area contributed by atoms with Crippen molar-refractivity contribution in [2.75, 3.05) is 91.6 Å². The molecule has 756 valence electrons. The van der Waals surface area contributed by atoms with Crippen LogP contribution in [0.3, 0.4) is 0 Å². The van der Waals surface area contributed by atoms with Gasteiger partial charge in [0, 0.05) is 175 Å². The number of H-pyrrole nitrogens is 4. The number of amides is 4. The molecule has 5 fully saturated rings. The van der Waals surface area contributed by atoms with Gasteiger partial charge in [0.15, 0.2) is 46.8 Å². The maximum absolute atomic E-state index is 13.3. The van der Waals surface area contributed by atoms with Crippen molar-refractivity contribution in [1.82, 2.24) is 168 Å². The number of hydrogen-bond acceptors (Lipinski definition) is 31. The van der Waals surface area contributed by atoms with Gasteiger partial charge in [-0.25, -0.2) is 69.4 Å². The minimum Gasteiger partial charge on any atom is -0.451 e. The Bertz CT molecular complexity index is 7400. The van der Waals surface area contributed by atoms with Crippen LogP contribution in [0, 0.1) is 0 Å². The summed E-state index contributed by atoms with van der Waals surface area (Å²) in [6.45, 7) is 8.65. The first-order valence-electron chi connectivity index (χ1n) is 45.6. The monoisotopic (exact) mass is 2040 g/mol. The third-order valence-electron chi connectivity index (χ3n) is 25.5. The standard InChI is InChI=1S/C25H25F3N8O.C23H18F3N9O2.C22H18F3N11O.C22H17F3N10O2/c1-15-12-33(13-16(2)36(15)24(37)19-8-10-35(32-19)18-4-5-18)22-7-9-29-23(31-22)20-11-30-21-6-3-17(14-34(20)21)25(26,27)28;24-23(25,26)15-1-2-19-28-9-17(35(19)10-15)21-27-4-3-20(32-21)33-5-6-34(22(36)16-12-37-13-29-16)18(11-33)14-7-30-31-8-14;23-22(24,25)14-1-2-18-27-10-16(36(18)11-14)20-26-4-3-19(31-20)34-5-6-35(21(37)15-9-30-33-32-15)17(12-34)13-7-28-29-8-13;23-22(24,25)14-1-2-18-27-10-16(35(18)11-14)20-26-4-3-19(31-20)33-5-6-34(21(36)15-9-30-37-32-15)17(12-33)13-7-28-29-8-13/h3,6-11,14-16,18H,4-5,12-13H2,1-2H3;1-4,7-10,12-13,18H,5-6,11H2,(H,30,31);1-4,7-11,17H,5-6,12H2,(H,28,29)(H,30,32,33);1-4,7-11,17H,5-6,12H2,(H,28,29)/t15-,16+;;;. The Balaban J connectivity index is 0.000000116. The summed E-state index contributed by atoms with van der Waals surface area (Å²) in [5, 5.41) is 42.1. The lowest BCUT2D eigenvalue weighted by molar-refractivity contribution is -0.138. The smallest absolute Gasteiger partial charge is 0.417 e. The molecule has 1 aliphatic carbocycles. The number of halogens is 12. The van der Waals surface area contributed by atoms with Gasteiger partial charge in [-0.05, 0) is 111 Å². The summed E-state index contributed by atoms with van der Waals surface area (Å²) < 4.78 is 176. The van der Waals surface area contributed by atoms with Crippen LogP contribution in [0.4, 0.5) is 76.0 Å². The quantitative estimate of drug-likeness (QED) is 0.0653. The molecule has 24 rings (SSSR count). The van der Waals surface area contributed by atoms with E-state index in [1.165, 1.54) is 97.9 Å². The second kappa shape index (κ2) is 39.1. The first-order valence-corrected chi connectivity index (χ1v) is 45.6. The molecule has 3 unspecified atom stereocenters. The predicted molar refractivity (Wildman–Crippen MR) is 494 cm³/mol. The third kappa shape index (κ3) is 19.7. The lowest BCUT2D eigenvalue weighted by atomic mass is 10.1. The van der Waals surface area contributed by atoms with Crippen molar-refractivity contribution in [2.24, 2.45) is 0 Å². The number of carbonyl (C=O) groups excluding carboxylic acids is 4. The Morgan fingerprint density at radius 3 is 1.07 bits per heavy atom. The van der Waals surface area contributed by atoms with E-state index in [4.69, 9.17) is 4.42 Å². The predicted octanol–water partition coefficient (Wildman–Crippen LogP) is 12.3. The van der Waals surface area contributed by atoms with Gasteiger partial charge in [0.2, 0.25) is 0 Å². The molecular weight excluding hydrogens is 1960 g/mol. The summed E-state index contributed by atoms with van der Waals surface area (Å²) in [5.41, 5.74) is 2.91. The molecule has 4 N–H and O–H groups in total. The van der Waals surface area contributed by atoms with Gasteiger partial charge in [-0.3, -0.25) is 56.8 Å². The summed E-state index contributed by atoms with van der Waals surface area (Å²) in [7, 11) is 0. The average Bonchev–Trinajstić information content (AvgIpc) is 1.40. The number of anilines is 4. The van der Waals surface area contributed by atoms with Crippen LogP contribution >= 0.6 is 0 Å². The van der Waals surface area contributed by atoms with Crippen LogP contribution in [0.1, 0.15) is 132 Å². The van der Waals surface area contributed by atoms with Crippen molar-refractivity contribution >= 4 is 69.5 Å². The van der Waals surface area contributed by atoms with Crippen LogP contribution in [-0.4, -0.2) is 276 Å². The molecule has 0 spiro atoms. The van der Waals surface area contributed by atoms with Crippen LogP contribution in [0.5, 0.6) is 0 Å². The second-order valence-electron chi connectivity index (χ2n) is 34.8.